The Morgan fingerprint density at radius 3 is 2.75 bits per heavy atom. The highest BCUT2D eigenvalue weighted by Gasteiger charge is 2.27. The minimum Gasteiger partial charge on any atom is -0.316 e. The van der Waals surface area contributed by atoms with E-state index in [-0.39, 0.29) is 0 Å². The van der Waals surface area contributed by atoms with Crippen LogP contribution in [0.1, 0.15) is 55.7 Å². The summed E-state index contributed by atoms with van der Waals surface area (Å²) in [5.41, 5.74) is 4.36. The Hall–Kier alpha value is -0.820. The van der Waals surface area contributed by atoms with Gasteiger partial charge in [-0.15, -0.1) is 0 Å². The highest BCUT2D eigenvalue weighted by molar-refractivity contribution is 5.31. The SMILES string of the molecule is CCC1CCCC(C(Cc2cc(C)ccc2C)NC)C1. The van der Waals surface area contributed by atoms with Gasteiger partial charge in [0.05, 0.1) is 0 Å². The third-order valence-corrected chi connectivity index (χ3v) is 5.29. The molecular formula is C19H31N. The number of hydrogen-bond acceptors (Lipinski definition) is 1. The third-order valence-electron chi connectivity index (χ3n) is 5.29. The van der Waals surface area contributed by atoms with Crippen LogP contribution in [0.3, 0.4) is 0 Å². The molecule has 0 saturated heterocycles. The normalized spacial score (nSPS) is 24.6. The minimum atomic E-state index is 0.643. The Morgan fingerprint density at radius 2 is 2.05 bits per heavy atom. The fraction of sp³-hybridized carbons (Fsp3) is 0.684. The van der Waals surface area contributed by atoms with E-state index in [1.807, 2.05) is 0 Å². The van der Waals surface area contributed by atoms with E-state index in [0.29, 0.717) is 6.04 Å². The lowest BCUT2D eigenvalue weighted by atomic mass is 9.75. The third kappa shape index (κ3) is 3.85. The summed E-state index contributed by atoms with van der Waals surface area (Å²) in [5.74, 6) is 1.82. The molecule has 1 fully saturated rings. The van der Waals surface area contributed by atoms with E-state index in [1.54, 1.807) is 0 Å². The van der Waals surface area contributed by atoms with Gasteiger partial charge >= 0.3 is 0 Å². The standard InChI is InChI=1S/C19H31N/c1-5-16-7-6-8-17(12-16)19(20-4)13-18-11-14(2)9-10-15(18)3/h9-11,16-17,19-20H,5-8,12-13H2,1-4H3. The van der Waals surface area contributed by atoms with Crippen LogP contribution in [0.15, 0.2) is 18.2 Å². The van der Waals surface area contributed by atoms with Crippen molar-refractivity contribution in [2.24, 2.45) is 11.8 Å². The van der Waals surface area contributed by atoms with Crippen LogP contribution in [-0.2, 0) is 6.42 Å². The van der Waals surface area contributed by atoms with Gasteiger partial charge in [0.15, 0.2) is 0 Å². The maximum atomic E-state index is 3.61. The summed E-state index contributed by atoms with van der Waals surface area (Å²) in [6.07, 6.45) is 8.25. The Morgan fingerprint density at radius 1 is 1.25 bits per heavy atom. The number of rotatable bonds is 5. The van der Waals surface area contributed by atoms with E-state index in [0.717, 1.165) is 11.8 Å². The lowest BCUT2D eigenvalue weighted by molar-refractivity contribution is 0.212. The molecule has 0 bridgehead atoms. The van der Waals surface area contributed by atoms with Crippen molar-refractivity contribution in [2.75, 3.05) is 7.05 Å². The van der Waals surface area contributed by atoms with Crippen molar-refractivity contribution in [1.29, 1.82) is 0 Å². The summed E-state index contributed by atoms with van der Waals surface area (Å²) < 4.78 is 0. The Kier molecular flexibility index (Phi) is 5.65. The molecule has 1 aliphatic carbocycles. The van der Waals surface area contributed by atoms with Crippen LogP contribution in [0, 0.1) is 25.7 Å². The van der Waals surface area contributed by atoms with E-state index in [9.17, 15) is 0 Å². The van der Waals surface area contributed by atoms with Crippen LogP contribution in [-0.4, -0.2) is 13.1 Å². The largest absolute Gasteiger partial charge is 0.316 e. The lowest BCUT2D eigenvalue weighted by Gasteiger charge is -2.34. The Labute approximate surface area is 125 Å². The van der Waals surface area contributed by atoms with Gasteiger partial charge < -0.3 is 5.32 Å². The van der Waals surface area contributed by atoms with Crippen molar-refractivity contribution in [3.63, 3.8) is 0 Å². The van der Waals surface area contributed by atoms with E-state index in [2.05, 4.69) is 51.3 Å². The van der Waals surface area contributed by atoms with Crippen molar-refractivity contribution < 1.29 is 0 Å². The van der Waals surface area contributed by atoms with Crippen molar-refractivity contribution >= 4 is 0 Å². The van der Waals surface area contributed by atoms with Crippen LogP contribution in [0.25, 0.3) is 0 Å². The summed E-state index contributed by atoms with van der Waals surface area (Å²) >= 11 is 0. The molecule has 1 nitrogen and oxygen atoms in total. The summed E-state index contributed by atoms with van der Waals surface area (Å²) in [6, 6.07) is 7.51. The molecular weight excluding hydrogens is 242 g/mol. The molecule has 1 aromatic carbocycles. The first-order valence-electron chi connectivity index (χ1n) is 8.37. The molecule has 0 spiro atoms. The molecule has 20 heavy (non-hydrogen) atoms. The summed E-state index contributed by atoms with van der Waals surface area (Å²) in [7, 11) is 2.14. The van der Waals surface area contributed by atoms with Gasteiger partial charge in [0.25, 0.3) is 0 Å². The molecule has 3 unspecified atom stereocenters. The fourth-order valence-corrected chi connectivity index (χ4v) is 3.83. The predicted molar refractivity (Wildman–Crippen MR) is 88.2 cm³/mol. The molecule has 1 aliphatic rings. The number of hydrogen-bond donors (Lipinski definition) is 1. The zero-order valence-electron chi connectivity index (χ0n) is 13.7. The van der Waals surface area contributed by atoms with Crippen molar-refractivity contribution in [2.45, 2.75) is 65.3 Å². The number of likely N-dealkylation sites (N-methyl/N-ethyl adjacent to an activating group) is 1. The second kappa shape index (κ2) is 7.26. The molecule has 0 radical (unpaired) electrons. The van der Waals surface area contributed by atoms with Crippen molar-refractivity contribution in [3.05, 3.63) is 34.9 Å². The summed E-state index contributed by atoms with van der Waals surface area (Å²) in [6.45, 7) is 6.80. The van der Waals surface area contributed by atoms with Crippen LogP contribution >= 0.6 is 0 Å². The molecule has 0 aliphatic heterocycles. The molecule has 112 valence electrons. The van der Waals surface area contributed by atoms with Crippen LogP contribution < -0.4 is 5.32 Å². The maximum Gasteiger partial charge on any atom is 0.0133 e. The quantitative estimate of drug-likeness (QED) is 0.823. The smallest absolute Gasteiger partial charge is 0.0133 e. The molecule has 0 heterocycles. The molecule has 1 heteroatoms. The van der Waals surface area contributed by atoms with Gasteiger partial charge in [-0.1, -0.05) is 49.9 Å². The maximum absolute atomic E-state index is 3.61. The van der Waals surface area contributed by atoms with Gasteiger partial charge in [0, 0.05) is 6.04 Å². The topological polar surface area (TPSA) is 12.0 Å². The second-order valence-electron chi connectivity index (χ2n) is 6.73. The molecule has 2 rings (SSSR count). The van der Waals surface area contributed by atoms with Gasteiger partial charge in [-0.25, -0.2) is 0 Å². The van der Waals surface area contributed by atoms with E-state index in [4.69, 9.17) is 0 Å². The first kappa shape index (κ1) is 15.6. The van der Waals surface area contributed by atoms with Crippen LogP contribution in [0.5, 0.6) is 0 Å². The monoisotopic (exact) mass is 273 g/mol. The molecule has 1 saturated carbocycles. The molecule has 0 amide bonds. The molecule has 1 N–H and O–H groups in total. The summed E-state index contributed by atoms with van der Waals surface area (Å²) in [5, 5.41) is 3.61. The fourth-order valence-electron chi connectivity index (χ4n) is 3.83. The average molecular weight is 273 g/mol. The van der Waals surface area contributed by atoms with Crippen LogP contribution in [0.2, 0.25) is 0 Å². The average Bonchev–Trinajstić information content (AvgIpc) is 2.48. The van der Waals surface area contributed by atoms with Gasteiger partial charge in [-0.3, -0.25) is 0 Å². The van der Waals surface area contributed by atoms with E-state index in [1.165, 1.54) is 55.2 Å². The van der Waals surface area contributed by atoms with Crippen molar-refractivity contribution in [3.8, 4) is 0 Å². The summed E-state index contributed by atoms with van der Waals surface area (Å²) in [4.78, 5) is 0. The second-order valence-corrected chi connectivity index (χ2v) is 6.73. The van der Waals surface area contributed by atoms with Gasteiger partial charge in [0.1, 0.15) is 0 Å². The first-order chi connectivity index (χ1) is 9.63. The Bertz CT molecular complexity index is 424. The Balaban J connectivity index is 2.06. The minimum absolute atomic E-state index is 0.643. The highest BCUT2D eigenvalue weighted by atomic mass is 14.9. The molecule has 1 aromatic rings. The first-order valence-corrected chi connectivity index (χ1v) is 8.37. The molecule has 0 aromatic heterocycles. The number of aryl methyl sites for hydroxylation is 2. The highest BCUT2D eigenvalue weighted by Crippen LogP contribution is 2.34. The predicted octanol–water partition coefficient (Wildman–Crippen LogP) is 4.65. The van der Waals surface area contributed by atoms with Gasteiger partial charge in [-0.05, 0) is 63.1 Å². The van der Waals surface area contributed by atoms with Gasteiger partial charge in [0.2, 0.25) is 0 Å². The van der Waals surface area contributed by atoms with Crippen LogP contribution in [0.4, 0.5) is 0 Å². The number of benzene rings is 1. The zero-order chi connectivity index (χ0) is 14.5. The lowest BCUT2D eigenvalue weighted by Crippen LogP contribution is -2.38. The van der Waals surface area contributed by atoms with E-state index < -0.39 is 0 Å². The molecule has 3 atom stereocenters. The zero-order valence-corrected chi connectivity index (χ0v) is 13.7. The van der Waals surface area contributed by atoms with Gasteiger partial charge in [-0.2, -0.15) is 0 Å². The van der Waals surface area contributed by atoms with E-state index >= 15 is 0 Å². The number of nitrogens with one attached hydrogen (secondary N) is 1. The van der Waals surface area contributed by atoms with Crippen molar-refractivity contribution in [1.82, 2.24) is 5.32 Å².